The molecule has 4 atom stereocenters. The molecule has 0 heterocycles. The Morgan fingerprint density at radius 2 is 2.06 bits per heavy atom. The van der Waals surface area contributed by atoms with E-state index >= 15 is 0 Å². The summed E-state index contributed by atoms with van der Waals surface area (Å²) in [5, 5.41) is 9.63. The van der Waals surface area contributed by atoms with E-state index in [1.807, 2.05) is 30.3 Å². The van der Waals surface area contributed by atoms with E-state index in [1.54, 1.807) is 0 Å². The van der Waals surface area contributed by atoms with Crippen LogP contribution < -0.4 is 5.73 Å². The molecular weight excluding hydrogens is 317 g/mol. The van der Waals surface area contributed by atoms with E-state index in [1.165, 1.54) is 0 Å². The van der Waals surface area contributed by atoms with Gasteiger partial charge in [0, 0.05) is 12.5 Å². The van der Waals surface area contributed by atoms with Gasteiger partial charge in [0.1, 0.15) is 0 Å². The molecule has 0 aliphatic heterocycles. The van der Waals surface area contributed by atoms with E-state index in [2.05, 4.69) is 22.6 Å². The summed E-state index contributed by atoms with van der Waals surface area (Å²) in [6.45, 7) is 0.588. The van der Waals surface area contributed by atoms with Crippen molar-refractivity contribution in [3.63, 3.8) is 0 Å². The number of halogens is 1. The number of benzene rings is 1. The predicted molar refractivity (Wildman–Crippen MR) is 71.4 cm³/mol. The predicted octanol–water partition coefficient (Wildman–Crippen LogP) is 1.47. The summed E-state index contributed by atoms with van der Waals surface area (Å²) in [5.74, 6) is 0. The summed E-state index contributed by atoms with van der Waals surface area (Å²) in [6, 6.07) is 9.88. The lowest BCUT2D eigenvalue weighted by Gasteiger charge is -2.17. The van der Waals surface area contributed by atoms with Crippen molar-refractivity contribution in [1.82, 2.24) is 0 Å². The van der Waals surface area contributed by atoms with Gasteiger partial charge in [0.15, 0.2) is 0 Å². The summed E-state index contributed by atoms with van der Waals surface area (Å²) in [5.41, 5.74) is 7.00. The van der Waals surface area contributed by atoms with Crippen molar-refractivity contribution in [2.45, 2.75) is 35.2 Å². The maximum Gasteiger partial charge on any atom is 0.0738 e. The zero-order valence-electron chi connectivity index (χ0n) is 8.92. The van der Waals surface area contributed by atoms with Crippen LogP contribution in [0.1, 0.15) is 12.0 Å². The van der Waals surface area contributed by atoms with E-state index in [0.717, 1.165) is 5.56 Å². The molecular formula is C12H16INO2. The number of ether oxygens (including phenoxy) is 1. The molecule has 1 aromatic rings. The van der Waals surface area contributed by atoms with Gasteiger partial charge in [-0.3, -0.25) is 0 Å². The fourth-order valence-corrected chi connectivity index (χ4v) is 2.90. The highest BCUT2D eigenvalue weighted by atomic mass is 127. The maximum atomic E-state index is 9.63. The number of alkyl halides is 1. The quantitative estimate of drug-likeness (QED) is 0.651. The average Bonchev–Trinajstić information content (AvgIpc) is 2.56. The van der Waals surface area contributed by atoms with E-state index in [9.17, 15) is 5.11 Å². The van der Waals surface area contributed by atoms with Crippen LogP contribution in [0.5, 0.6) is 0 Å². The van der Waals surface area contributed by atoms with Crippen LogP contribution in [-0.2, 0) is 11.3 Å². The van der Waals surface area contributed by atoms with Crippen LogP contribution in [0.25, 0.3) is 0 Å². The first-order chi connectivity index (χ1) is 7.68. The van der Waals surface area contributed by atoms with Crippen molar-refractivity contribution in [3.8, 4) is 0 Å². The number of aliphatic hydroxyl groups excluding tert-OH is 1. The SMILES string of the molecule is N[C@H]1[C@H](I)[C@@H](OCc2ccccc2)C[C@H]1O. The van der Waals surface area contributed by atoms with Crippen LogP contribution in [-0.4, -0.2) is 27.3 Å². The Morgan fingerprint density at radius 1 is 1.38 bits per heavy atom. The number of nitrogens with two attached hydrogens (primary N) is 1. The minimum Gasteiger partial charge on any atom is -0.391 e. The Bertz CT molecular complexity index is 333. The highest BCUT2D eigenvalue weighted by molar-refractivity contribution is 14.1. The van der Waals surface area contributed by atoms with Crippen LogP contribution in [0.4, 0.5) is 0 Å². The van der Waals surface area contributed by atoms with Crippen LogP contribution in [0, 0.1) is 0 Å². The van der Waals surface area contributed by atoms with E-state index in [-0.39, 0.29) is 16.1 Å². The first kappa shape index (κ1) is 12.3. The first-order valence-corrected chi connectivity index (χ1v) is 6.66. The topological polar surface area (TPSA) is 55.5 Å². The molecule has 0 spiro atoms. The molecule has 3 nitrogen and oxygen atoms in total. The molecule has 0 radical (unpaired) electrons. The minimum absolute atomic E-state index is 0.0609. The number of hydrogen-bond acceptors (Lipinski definition) is 3. The zero-order valence-corrected chi connectivity index (χ0v) is 11.1. The van der Waals surface area contributed by atoms with E-state index < -0.39 is 6.10 Å². The normalized spacial score (nSPS) is 34.2. The molecule has 0 amide bonds. The molecule has 1 fully saturated rings. The standard InChI is InChI=1S/C12H16INO2/c13-11-10(6-9(15)12(11)14)16-7-8-4-2-1-3-5-8/h1-5,9-12,15H,6-7,14H2/t9-,10+,11-,12-/m1/s1. The lowest BCUT2D eigenvalue weighted by molar-refractivity contribution is 0.0399. The Labute approximate surface area is 109 Å². The van der Waals surface area contributed by atoms with Gasteiger partial charge in [0.05, 0.1) is 22.7 Å². The molecule has 0 aromatic heterocycles. The van der Waals surface area contributed by atoms with Gasteiger partial charge in [-0.15, -0.1) is 0 Å². The first-order valence-electron chi connectivity index (χ1n) is 5.41. The van der Waals surface area contributed by atoms with Crippen LogP contribution in [0.2, 0.25) is 0 Å². The molecule has 0 unspecified atom stereocenters. The van der Waals surface area contributed by atoms with Crippen LogP contribution in [0.3, 0.4) is 0 Å². The molecule has 0 saturated heterocycles. The molecule has 1 aromatic carbocycles. The summed E-state index contributed by atoms with van der Waals surface area (Å²) in [4.78, 5) is 0. The zero-order chi connectivity index (χ0) is 11.5. The Kier molecular flexibility index (Phi) is 4.18. The number of rotatable bonds is 3. The van der Waals surface area contributed by atoms with Gasteiger partial charge in [-0.2, -0.15) is 0 Å². The average molecular weight is 333 g/mol. The third-order valence-electron chi connectivity index (χ3n) is 2.95. The molecule has 1 aliphatic rings. The van der Waals surface area contributed by atoms with Gasteiger partial charge in [0.25, 0.3) is 0 Å². The molecule has 16 heavy (non-hydrogen) atoms. The third-order valence-corrected chi connectivity index (χ3v) is 4.58. The van der Waals surface area contributed by atoms with Crippen molar-refractivity contribution < 1.29 is 9.84 Å². The minimum atomic E-state index is -0.428. The van der Waals surface area contributed by atoms with Crippen LogP contribution in [0.15, 0.2) is 30.3 Å². The summed E-state index contributed by atoms with van der Waals surface area (Å²) in [7, 11) is 0. The lowest BCUT2D eigenvalue weighted by atomic mass is 10.2. The van der Waals surface area contributed by atoms with Crippen LogP contribution >= 0.6 is 22.6 Å². The Morgan fingerprint density at radius 3 is 2.62 bits per heavy atom. The highest BCUT2D eigenvalue weighted by Crippen LogP contribution is 2.29. The van der Waals surface area contributed by atoms with Gasteiger partial charge in [-0.1, -0.05) is 52.9 Å². The van der Waals surface area contributed by atoms with Gasteiger partial charge < -0.3 is 15.6 Å². The Balaban J connectivity index is 1.87. The second-order valence-electron chi connectivity index (χ2n) is 4.16. The fourth-order valence-electron chi connectivity index (χ4n) is 1.92. The van der Waals surface area contributed by atoms with Gasteiger partial charge in [-0.25, -0.2) is 0 Å². The summed E-state index contributed by atoms with van der Waals surface area (Å²) >= 11 is 2.27. The molecule has 1 aliphatic carbocycles. The van der Waals surface area contributed by atoms with Gasteiger partial charge in [-0.05, 0) is 5.56 Å². The molecule has 4 heteroatoms. The summed E-state index contributed by atoms with van der Waals surface area (Å²) in [6.07, 6.45) is 0.273. The second kappa shape index (κ2) is 5.44. The largest absolute Gasteiger partial charge is 0.391 e. The highest BCUT2D eigenvalue weighted by Gasteiger charge is 2.39. The number of aliphatic hydroxyl groups is 1. The number of hydrogen-bond donors (Lipinski definition) is 2. The van der Waals surface area contributed by atoms with Crippen molar-refractivity contribution in [2.75, 3.05) is 0 Å². The van der Waals surface area contributed by atoms with Crippen molar-refractivity contribution >= 4 is 22.6 Å². The molecule has 2 rings (SSSR count). The molecule has 1 saturated carbocycles. The molecule has 88 valence electrons. The van der Waals surface area contributed by atoms with E-state index in [4.69, 9.17) is 10.5 Å². The monoisotopic (exact) mass is 333 g/mol. The maximum absolute atomic E-state index is 9.63. The van der Waals surface area contributed by atoms with E-state index in [0.29, 0.717) is 13.0 Å². The lowest BCUT2D eigenvalue weighted by Crippen LogP contribution is -2.37. The fraction of sp³-hybridized carbons (Fsp3) is 0.500. The molecule has 3 N–H and O–H groups in total. The Hall–Kier alpha value is -0.170. The summed E-state index contributed by atoms with van der Waals surface area (Å²) < 4.78 is 5.99. The van der Waals surface area contributed by atoms with Crippen molar-refractivity contribution in [2.24, 2.45) is 5.73 Å². The third kappa shape index (κ3) is 2.74. The van der Waals surface area contributed by atoms with Crippen molar-refractivity contribution in [3.05, 3.63) is 35.9 Å². The molecule has 0 bridgehead atoms. The smallest absolute Gasteiger partial charge is 0.0738 e. The van der Waals surface area contributed by atoms with Crippen molar-refractivity contribution in [1.29, 1.82) is 0 Å². The van der Waals surface area contributed by atoms with Gasteiger partial charge >= 0.3 is 0 Å². The van der Waals surface area contributed by atoms with Gasteiger partial charge in [0.2, 0.25) is 0 Å². The second-order valence-corrected chi connectivity index (χ2v) is 5.60.